The molecule has 4 nitrogen and oxygen atoms in total. The highest BCUT2D eigenvalue weighted by Crippen LogP contribution is 2.37. The Morgan fingerprint density at radius 2 is 1.76 bits per heavy atom. The third-order valence-electron chi connectivity index (χ3n) is 5.40. The van der Waals surface area contributed by atoms with Crippen LogP contribution >= 0.6 is 0 Å². The molecule has 4 aromatic rings. The molecular formula is C27H22F3NO3. The summed E-state index contributed by atoms with van der Waals surface area (Å²) in [4.78, 5) is 12.5. The molecule has 4 rings (SSSR count). The number of allylic oxidation sites excluding steroid dienone is 1. The smallest absolute Gasteiger partial charge is 0.244 e. The number of furan rings is 1. The summed E-state index contributed by atoms with van der Waals surface area (Å²) < 4.78 is 52.5. The Labute approximate surface area is 194 Å². The Hall–Kier alpha value is -4.00. The van der Waals surface area contributed by atoms with Gasteiger partial charge >= 0.3 is 0 Å². The van der Waals surface area contributed by atoms with E-state index in [1.807, 2.05) is 13.0 Å². The van der Waals surface area contributed by atoms with Crippen molar-refractivity contribution in [2.24, 2.45) is 0 Å². The summed E-state index contributed by atoms with van der Waals surface area (Å²) in [5, 5.41) is 3.29. The Morgan fingerprint density at radius 1 is 1.06 bits per heavy atom. The number of benzene rings is 3. The van der Waals surface area contributed by atoms with E-state index in [0.717, 1.165) is 28.6 Å². The summed E-state index contributed by atoms with van der Waals surface area (Å²) in [6.45, 7) is 3.70. The topological polar surface area (TPSA) is 51.5 Å². The van der Waals surface area contributed by atoms with Gasteiger partial charge in [0.25, 0.3) is 0 Å². The number of hydrogen-bond donors (Lipinski definition) is 1. The van der Waals surface area contributed by atoms with Crippen LogP contribution in [0.25, 0.3) is 27.7 Å². The molecule has 1 heterocycles. The highest BCUT2D eigenvalue weighted by molar-refractivity contribution is 6.00. The standard InChI is InChI=1S/C27H22F3NO3/c1-3-33-25-13-26-20(22(15-34-26)17-7-9-18(28)10-8-17)12-19(25)16(2)11-27(32)31-14-21-23(29)5-4-6-24(21)30/h4-13,15H,3,14H2,1-2H3,(H,31,32)/b16-11+. The molecule has 7 heteroatoms. The Bertz CT molecular complexity index is 1350. The SMILES string of the molecule is CCOc1cc2occ(-c3ccc(F)cc3)c2cc1/C(C)=C/C(=O)NCc1c(F)cccc1F. The molecule has 174 valence electrons. The van der Waals surface area contributed by atoms with Crippen LogP contribution in [0, 0.1) is 17.5 Å². The maximum atomic E-state index is 13.8. The van der Waals surface area contributed by atoms with E-state index in [4.69, 9.17) is 9.15 Å². The number of rotatable bonds is 7. The van der Waals surface area contributed by atoms with Crippen molar-refractivity contribution in [1.29, 1.82) is 0 Å². The predicted molar refractivity (Wildman–Crippen MR) is 125 cm³/mol. The van der Waals surface area contributed by atoms with Crippen molar-refractivity contribution in [2.45, 2.75) is 20.4 Å². The summed E-state index contributed by atoms with van der Waals surface area (Å²) in [6, 6.07) is 13.2. The van der Waals surface area contributed by atoms with Crippen LogP contribution in [0.15, 0.2) is 71.4 Å². The third kappa shape index (κ3) is 4.83. The van der Waals surface area contributed by atoms with Gasteiger partial charge in [-0.3, -0.25) is 4.79 Å². The second-order valence-electron chi connectivity index (χ2n) is 7.68. The van der Waals surface area contributed by atoms with Gasteiger partial charge < -0.3 is 14.5 Å². The summed E-state index contributed by atoms with van der Waals surface area (Å²) in [6.07, 6.45) is 2.94. The van der Waals surface area contributed by atoms with Crippen molar-refractivity contribution in [3.05, 3.63) is 95.5 Å². The lowest BCUT2D eigenvalue weighted by Crippen LogP contribution is -2.22. The highest BCUT2D eigenvalue weighted by Gasteiger charge is 2.16. The molecule has 0 radical (unpaired) electrons. The zero-order valence-corrected chi connectivity index (χ0v) is 18.6. The lowest BCUT2D eigenvalue weighted by molar-refractivity contribution is -0.116. The fourth-order valence-corrected chi connectivity index (χ4v) is 3.69. The van der Waals surface area contributed by atoms with Gasteiger partial charge in [0.1, 0.15) is 28.8 Å². The van der Waals surface area contributed by atoms with Gasteiger partial charge in [-0.1, -0.05) is 18.2 Å². The van der Waals surface area contributed by atoms with Crippen LogP contribution in [0.4, 0.5) is 13.2 Å². The van der Waals surface area contributed by atoms with E-state index >= 15 is 0 Å². The van der Waals surface area contributed by atoms with Gasteiger partial charge in [0.05, 0.1) is 12.9 Å². The van der Waals surface area contributed by atoms with E-state index in [2.05, 4.69) is 5.32 Å². The molecule has 0 fully saturated rings. The normalized spacial score (nSPS) is 11.6. The first kappa shape index (κ1) is 23.2. The van der Waals surface area contributed by atoms with Crippen LogP contribution in [-0.2, 0) is 11.3 Å². The summed E-state index contributed by atoms with van der Waals surface area (Å²) in [5.41, 5.74) is 3.17. The molecule has 0 atom stereocenters. The highest BCUT2D eigenvalue weighted by atomic mass is 19.1. The average Bonchev–Trinajstić information content (AvgIpc) is 3.21. The first-order valence-corrected chi connectivity index (χ1v) is 10.7. The van der Waals surface area contributed by atoms with E-state index < -0.39 is 17.5 Å². The molecule has 0 aliphatic heterocycles. The zero-order valence-electron chi connectivity index (χ0n) is 18.6. The minimum atomic E-state index is -0.724. The average molecular weight is 465 g/mol. The predicted octanol–water partition coefficient (Wildman–Crippen LogP) is 6.64. The lowest BCUT2D eigenvalue weighted by Gasteiger charge is -2.12. The molecular weight excluding hydrogens is 443 g/mol. The van der Waals surface area contributed by atoms with E-state index in [0.29, 0.717) is 29.1 Å². The molecule has 3 aromatic carbocycles. The van der Waals surface area contributed by atoms with Gasteiger partial charge in [0.15, 0.2) is 0 Å². The lowest BCUT2D eigenvalue weighted by atomic mass is 9.99. The molecule has 0 aliphatic carbocycles. The molecule has 0 spiro atoms. The van der Waals surface area contributed by atoms with Crippen molar-refractivity contribution in [2.75, 3.05) is 6.61 Å². The van der Waals surface area contributed by atoms with Crippen molar-refractivity contribution >= 4 is 22.4 Å². The van der Waals surface area contributed by atoms with Crippen LogP contribution in [0.1, 0.15) is 25.0 Å². The van der Waals surface area contributed by atoms with Crippen molar-refractivity contribution in [3.8, 4) is 16.9 Å². The molecule has 0 aliphatic rings. The first-order chi connectivity index (χ1) is 16.4. The first-order valence-electron chi connectivity index (χ1n) is 10.7. The molecule has 0 saturated heterocycles. The number of halogens is 3. The van der Waals surface area contributed by atoms with Crippen LogP contribution in [0.3, 0.4) is 0 Å². The second kappa shape index (κ2) is 9.87. The minimum Gasteiger partial charge on any atom is -0.493 e. The van der Waals surface area contributed by atoms with Gasteiger partial charge in [-0.25, -0.2) is 13.2 Å². The fraction of sp³-hybridized carbons (Fsp3) is 0.148. The quantitative estimate of drug-likeness (QED) is 0.312. The van der Waals surface area contributed by atoms with Gasteiger partial charge in [0.2, 0.25) is 5.91 Å². The van der Waals surface area contributed by atoms with E-state index in [9.17, 15) is 18.0 Å². The molecule has 1 aromatic heterocycles. The zero-order chi connectivity index (χ0) is 24.2. The maximum Gasteiger partial charge on any atom is 0.244 e. The van der Waals surface area contributed by atoms with E-state index in [-0.39, 0.29) is 17.9 Å². The van der Waals surface area contributed by atoms with Crippen LogP contribution in [0.5, 0.6) is 5.75 Å². The van der Waals surface area contributed by atoms with Gasteiger partial charge in [0, 0.05) is 40.8 Å². The Balaban J connectivity index is 1.66. The summed E-state index contributed by atoms with van der Waals surface area (Å²) >= 11 is 0. The molecule has 1 amide bonds. The van der Waals surface area contributed by atoms with E-state index in [1.165, 1.54) is 24.3 Å². The number of nitrogens with one attached hydrogen (secondary N) is 1. The maximum absolute atomic E-state index is 13.8. The van der Waals surface area contributed by atoms with Crippen LogP contribution in [0.2, 0.25) is 0 Å². The number of carbonyl (C=O) groups is 1. The summed E-state index contributed by atoms with van der Waals surface area (Å²) in [7, 11) is 0. The molecule has 1 N–H and O–H groups in total. The van der Waals surface area contributed by atoms with Crippen LogP contribution in [-0.4, -0.2) is 12.5 Å². The third-order valence-corrected chi connectivity index (χ3v) is 5.40. The van der Waals surface area contributed by atoms with Crippen molar-refractivity contribution in [1.82, 2.24) is 5.32 Å². The van der Waals surface area contributed by atoms with Gasteiger partial charge in [-0.05, 0) is 55.3 Å². The fourth-order valence-electron chi connectivity index (χ4n) is 3.69. The Kier molecular flexibility index (Phi) is 6.72. The molecule has 0 unspecified atom stereocenters. The monoisotopic (exact) mass is 465 g/mol. The Morgan fingerprint density at radius 3 is 2.44 bits per heavy atom. The number of carbonyl (C=O) groups excluding carboxylic acids is 1. The van der Waals surface area contributed by atoms with Crippen molar-refractivity contribution in [3.63, 3.8) is 0 Å². The van der Waals surface area contributed by atoms with Gasteiger partial charge in [-0.2, -0.15) is 0 Å². The summed E-state index contributed by atoms with van der Waals surface area (Å²) in [5.74, 6) is -1.77. The number of amides is 1. The minimum absolute atomic E-state index is 0.208. The molecule has 34 heavy (non-hydrogen) atoms. The second-order valence-corrected chi connectivity index (χ2v) is 7.68. The molecule has 0 bridgehead atoms. The van der Waals surface area contributed by atoms with Crippen molar-refractivity contribution < 1.29 is 27.1 Å². The number of fused-ring (bicyclic) bond motifs is 1. The van der Waals surface area contributed by atoms with Crippen LogP contribution < -0.4 is 10.1 Å². The number of hydrogen-bond acceptors (Lipinski definition) is 3. The van der Waals surface area contributed by atoms with Gasteiger partial charge in [-0.15, -0.1) is 0 Å². The van der Waals surface area contributed by atoms with E-state index in [1.54, 1.807) is 31.4 Å². The number of ether oxygens (including phenoxy) is 1. The largest absolute Gasteiger partial charge is 0.493 e. The molecule has 0 saturated carbocycles.